The molecule has 0 amide bonds. The summed E-state index contributed by atoms with van der Waals surface area (Å²) in [6.07, 6.45) is 1.94. The SMILES string of the molecule is COC(SC)c1ccc(C(=O)O)cc1. The van der Waals surface area contributed by atoms with Crippen molar-refractivity contribution in [3.8, 4) is 0 Å². The molecule has 1 aromatic rings. The van der Waals surface area contributed by atoms with Gasteiger partial charge in [-0.05, 0) is 24.0 Å². The first-order chi connectivity index (χ1) is 6.69. The molecule has 1 aromatic carbocycles. The van der Waals surface area contributed by atoms with E-state index in [0.717, 1.165) is 5.56 Å². The van der Waals surface area contributed by atoms with Crippen LogP contribution in [0.4, 0.5) is 0 Å². The van der Waals surface area contributed by atoms with Crippen LogP contribution in [0.15, 0.2) is 24.3 Å². The zero-order valence-corrected chi connectivity index (χ0v) is 8.88. The molecule has 0 saturated carbocycles. The van der Waals surface area contributed by atoms with Crippen molar-refractivity contribution in [1.29, 1.82) is 0 Å². The summed E-state index contributed by atoms with van der Waals surface area (Å²) in [5.74, 6) is -0.908. The topological polar surface area (TPSA) is 46.5 Å². The highest BCUT2D eigenvalue weighted by atomic mass is 32.2. The predicted octanol–water partition coefficient (Wildman–Crippen LogP) is 2.39. The van der Waals surface area contributed by atoms with Crippen LogP contribution in [0.25, 0.3) is 0 Å². The Morgan fingerprint density at radius 2 is 2.00 bits per heavy atom. The molecule has 1 unspecified atom stereocenters. The maximum Gasteiger partial charge on any atom is 0.335 e. The fourth-order valence-electron chi connectivity index (χ4n) is 1.15. The van der Waals surface area contributed by atoms with Crippen LogP contribution >= 0.6 is 11.8 Å². The third-order valence-corrected chi connectivity index (χ3v) is 2.75. The quantitative estimate of drug-likeness (QED) is 0.778. The number of methoxy groups -OCH3 is 1. The van der Waals surface area contributed by atoms with Gasteiger partial charge in [0.15, 0.2) is 0 Å². The van der Waals surface area contributed by atoms with Gasteiger partial charge in [-0.3, -0.25) is 0 Å². The standard InChI is InChI=1S/C10H12O3S/c1-13-10(14-2)8-5-3-7(4-6-8)9(11)12/h3-6,10H,1-2H3,(H,11,12). The fourth-order valence-corrected chi connectivity index (χ4v) is 1.77. The number of aromatic carboxylic acids is 1. The van der Waals surface area contributed by atoms with Crippen LogP contribution < -0.4 is 0 Å². The molecule has 0 aliphatic heterocycles. The molecule has 0 aromatic heterocycles. The fraction of sp³-hybridized carbons (Fsp3) is 0.300. The van der Waals surface area contributed by atoms with Gasteiger partial charge in [-0.15, -0.1) is 11.8 Å². The van der Waals surface area contributed by atoms with E-state index in [1.165, 1.54) is 0 Å². The zero-order valence-electron chi connectivity index (χ0n) is 8.06. The van der Waals surface area contributed by atoms with E-state index >= 15 is 0 Å². The van der Waals surface area contributed by atoms with Gasteiger partial charge in [0.1, 0.15) is 5.44 Å². The number of carboxylic acid groups (broad SMARTS) is 1. The number of carboxylic acids is 1. The molecule has 1 rings (SSSR count). The Bertz CT molecular complexity index is 304. The number of ether oxygens (including phenoxy) is 1. The molecular formula is C10H12O3S. The molecule has 0 heterocycles. The summed E-state index contributed by atoms with van der Waals surface area (Å²) in [6, 6.07) is 6.71. The molecule has 0 aliphatic rings. The van der Waals surface area contributed by atoms with Crippen LogP contribution in [0, 0.1) is 0 Å². The lowest BCUT2D eigenvalue weighted by Crippen LogP contribution is -1.99. The van der Waals surface area contributed by atoms with E-state index in [2.05, 4.69) is 0 Å². The van der Waals surface area contributed by atoms with Crippen molar-refractivity contribution < 1.29 is 14.6 Å². The van der Waals surface area contributed by atoms with Gasteiger partial charge in [0.25, 0.3) is 0 Å². The predicted molar refractivity (Wildman–Crippen MR) is 56.7 cm³/mol. The minimum Gasteiger partial charge on any atom is -0.478 e. The second-order valence-electron chi connectivity index (χ2n) is 2.73. The maximum atomic E-state index is 10.6. The van der Waals surface area contributed by atoms with Crippen LogP contribution in [0.5, 0.6) is 0 Å². The normalized spacial score (nSPS) is 12.4. The lowest BCUT2D eigenvalue weighted by molar-refractivity contribution is 0.0697. The largest absolute Gasteiger partial charge is 0.478 e. The number of rotatable bonds is 4. The summed E-state index contributed by atoms with van der Waals surface area (Å²) in [7, 11) is 1.63. The van der Waals surface area contributed by atoms with Crippen LogP contribution in [0.1, 0.15) is 21.4 Å². The first-order valence-corrected chi connectivity index (χ1v) is 5.36. The van der Waals surface area contributed by atoms with E-state index in [-0.39, 0.29) is 5.44 Å². The first-order valence-electron chi connectivity index (χ1n) is 4.08. The van der Waals surface area contributed by atoms with Crippen LogP contribution in [0.2, 0.25) is 0 Å². The molecular weight excluding hydrogens is 200 g/mol. The van der Waals surface area contributed by atoms with E-state index < -0.39 is 5.97 Å². The Morgan fingerprint density at radius 3 is 2.36 bits per heavy atom. The third-order valence-electron chi connectivity index (χ3n) is 1.86. The van der Waals surface area contributed by atoms with Crippen molar-refractivity contribution in [2.45, 2.75) is 5.44 Å². The van der Waals surface area contributed by atoms with E-state index in [1.807, 2.05) is 6.26 Å². The van der Waals surface area contributed by atoms with Crippen LogP contribution in [-0.4, -0.2) is 24.4 Å². The van der Waals surface area contributed by atoms with E-state index in [9.17, 15) is 4.79 Å². The molecule has 1 N–H and O–H groups in total. The zero-order chi connectivity index (χ0) is 10.6. The van der Waals surface area contributed by atoms with Gasteiger partial charge >= 0.3 is 5.97 Å². The van der Waals surface area contributed by atoms with Crippen molar-refractivity contribution >= 4 is 17.7 Å². The molecule has 0 spiro atoms. The van der Waals surface area contributed by atoms with Gasteiger partial charge in [-0.1, -0.05) is 12.1 Å². The molecule has 0 fully saturated rings. The summed E-state index contributed by atoms with van der Waals surface area (Å²) in [5.41, 5.74) is 1.24. The molecule has 3 nitrogen and oxygen atoms in total. The number of carbonyl (C=O) groups is 1. The van der Waals surface area contributed by atoms with Crippen molar-refractivity contribution in [3.63, 3.8) is 0 Å². The molecule has 4 heteroatoms. The molecule has 76 valence electrons. The van der Waals surface area contributed by atoms with Crippen molar-refractivity contribution in [2.24, 2.45) is 0 Å². The minimum absolute atomic E-state index is 0.0298. The number of benzene rings is 1. The Kier molecular flexibility index (Phi) is 3.98. The molecule has 14 heavy (non-hydrogen) atoms. The van der Waals surface area contributed by atoms with E-state index in [1.54, 1.807) is 43.1 Å². The average Bonchev–Trinajstić information content (AvgIpc) is 2.20. The van der Waals surface area contributed by atoms with Gasteiger partial charge in [0.2, 0.25) is 0 Å². The molecule has 0 radical (unpaired) electrons. The number of hydrogen-bond acceptors (Lipinski definition) is 3. The minimum atomic E-state index is -0.908. The van der Waals surface area contributed by atoms with E-state index in [4.69, 9.17) is 9.84 Å². The first kappa shape index (κ1) is 11.1. The van der Waals surface area contributed by atoms with Crippen LogP contribution in [0.3, 0.4) is 0 Å². The summed E-state index contributed by atoms with van der Waals surface area (Å²) < 4.78 is 5.20. The number of thioether (sulfide) groups is 1. The van der Waals surface area contributed by atoms with Gasteiger partial charge in [-0.25, -0.2) is 4.79 Å². The molecule has 0 saturated heterocycles. The second kappa shape index (κ2) is 5.02. The average molecular weight is 212 g/mol. The second-order valence-corrected chi connectivity index (χ2v) is 3.63. The van der Waals surface area contributed by atoms with Gasteiger partial charge in [0.05, 0.1) is 5.56 Å². The summed E-state index contributed by atoms with van der Waals surface area (Å²) in [5, 5.41) is 8.69. The monoisotopic (exact) mass is 212 g/mol. The molecule has 0 bridgehead atoms. The van der Waals surface area contributed by atoms with Crippen molar-refractivity contribution in [3.05, 3.63) is 35.4 Å². The van der Waals surface area contributed by atoms with Gasteiger partial charge in [-0.2, -0.15) is 0 Å². The van der Waals surface area contributed by atoms with E-state index in [0.29, 0.717) is 5.56 Å². The van der Waals surface area contributed by atoms with Crippen molar-refractivity contribution in [2.75, 3.05) is 13.4 Å². The highest BCUT2D eigenvalue weighted by Crippen LogP contribution is 2.26. The third kappa shape index (κ3) is 2.49. The molecule has 1 atom stereocenters. The highest BCUT2D eigenvalue weighted by molar-refractivity contribution is 7.98. The lowest BCUT2D eigenvalue weighted by atomic mass is 10.1. The Balaban J connectivity index is 2.87. The lowest BCUT2D eigenvalue weighted by Gasteiger charge is -2.12. The smallest absolute Gasteiger partial charge is 0.335 e. The van der Waals surface area contributed by atoms with Crippen molar-refractivity contribution in [1.82, 2.24) is 0 Å². The maximum absolute atomic E-state index is 10.6. The Labute approximate surface area is 87.1 Å². The molecule has 0 aliphatic carbocycles. The highest BCUT2D eigenvalue weighted by Gasteiger charge is 2.09. The summed E-state index contributed by atoms with van der Waals surface area (Å²) >= 11 is 1.57. The number of hydrogen-bond donors (Lipinski definition) is 1. The van der Waals surface area contributed by atoms with Crippen LogP contribution in [-0.2, 0) is 4.74 Å². The Hall–Kier alpha value is -1.00. The summed E-state index contributed by atoms with van der Waals surface area (Å²) in [6.45, 7) is 0. The van der Waals surface area contributed by atoms with Gasteiger partial charge in [0, 0.05) is 7.11 Å². The van der Waals surface area contributed by atoms with Gasteiger partial charge < -0.3 is 9.84 Å². The summed E-state index contributed by atoms with van der Waals surface area (Å²) in [4.78, 5) is 10.6. The Morgan fingerprint density at radius 1 is 1.43 bits per heavy atom.